The molecule has 78 valence electrons. The first-order valence-electron chi connectivity index (χ1n) is 5.06. The predicted octanol–water partition coefficient (Wildman–Crippen LogP) is 1.25. The molecule has 1 aromatic heterocycles. The van der Waals surface area contributed by atoms with E-state index >= 15 is 0 Å². The molecule has 0 amide bonds. The molecule has 0 radical (unpaired) electrons. The predicted molar refractivity (Wildman–Crippen MR) is 50.5 cm³/mol. The molecule has 1 aromatic rings. The molecular weight excluding hydrogens is 180 g/mol. The third kappa shape index (κ3) is 1.52. The van der Waals surface area contributed by atoms with E-state index in [4.69, 9.17) is 4.74 Å². The van der Waals surface area contributed by atoms with Crippen LogP contribution in [0, 0.1) is 5.92 Å². The molecule has 14 heavy (non-hydrogen) atoms. The lowest BCUT2D eigenvalue weighted by Gasteiger charge is -2.36. The van der Waals surface area contributed by atoms with Gasteiger partial charge in [-0.05, 0) is 25.2 Å². The number of nitrogens with zero attached hydrogens (tertiary/aromatic N) is 3. The van der Waals surface area contributed by atoms with Crippen LogP contribution in [-0.2, 0) is 10.3 Å². The van der Waals surface area contributed by atoms with Gasteiger partial charge in [-0.25, -0.2) is 0 Å². The zero-order chi connectivity index (χ0) is 10.0. The maximum absolute atomic E-state index is 5.61. The molecule has 5 nitrogen and oxygen atoms in total. The second-order valence-electron chi connectivity index (χ2n) is 4.14. The molecule has 1 aliphatic carbocycles. The van der Waals surface area contributed by atoms with Crippen LogP contribution >= 0.6 is 0 Å². The van der Waals surface area contributed by atoms with Gasteiger partial charge in [-0.1, -0.05) is 18.6 Å². The Labute approximate surface area is 83.2 Å². The van der Waals surface area contributed by atoms with Crippen molar-refractivity contribution in [1.82, 2.24) is 20.6 Å². The molecule has 2 unspecified atom stereocenters. The molecule has 0 spiro atoms. The summed E-state index contributed by atoms with van der Waals surface area (Å²) in [6.07, 6.45) is 4.42. The normalized spacial score (nSPS) is 33.1. The molecule has 0 bridgehead atoms. The lowest BCUT2D eigenvalue weighted by atomic mass is 9.78. The summed E-state index contributed by atoms with van der Waals surface area (Å²) in [7, 11) is 1.73. The van der Waals surface area contributed by atoms with Crippen molar-refractivity contribution in [3.8, 4) is 0 Å². The highest BCUT2D eigenvalue weighted by atomic mass is 16.5. The van der Waals surface area contributed by atoms with Gasteiger partial charge in [-0.2, -0.15) is 5.21 Å². The van der Waals surface area contributed by atoms with Crippen molar-refractivity contribution in [1.29, 1.82) is 0 Å². The van der Waals surface area contributed by atoms with E-state index in [1.165, 1.54) is 12.8 Å². The van der Waals surface area contributed by atoms with Crippen LogP contribution in [0.15, 0.2) is 0 Å². The lowest BCUT2D eigenvalue weighted by molar-refractivity contribution is -0.0646. The topological polar surface area (TPSA) is 63.7 Å². The van der Waals surface area contributed by atoms with Crippen LogP contribution in [0.5, 0.6) is 0 Å². The van der Waals surface area contributed by atoms with Crippen molar-refractivity contribution in [2.45, 2.75) is 38.2 Å². The lowest BCUT2D eigenvalue weighted by Crippen LogP contribution is -2.35. The van der Waals surface area contributed by atoms with Crippen LogP contribution in [0.3, 0.4) is 0 Å². The van der Waals surface area contributed by atoms with Gasteiger partial charge in [0.2, 0.25) is 5.82 Å². The number of rotatable bonds is 2. The van der Waals surface area contributed by atoms with Crippen molar-refractivity contribution in [3.63, 3.8) is 0 Å². The largest absolute Gasteiger partial charge is 0.370 e. The van der Waals surface area contributed by atoms with Gasteiger partial charge in [-0.3, -0.25) is 0 Å². The molecule has 2 rings (SSSR count). The smallest absolute Gasteiger partial charge is 0.206 e. The molecular formula is C9H16N4O. The Morgan fingerprint density at radius 2 is 2.43 bits per heavy atom. The maximum Gasteiger partial charge on any atom is 0.206 e. The highest BCUT2D eigenvalue weighted by molar-refractivity contribution is 5.01. The Hall–Kier alpha value is -0.970. The van der Waals surface area contributed by atoms with Crippen LogP contribution in [-0.4, -0.2) is 27.7 Å². The fourth-order valence-corrected chi connectivity index (χ4v) is 2.34. The number of tetrazole rings is 1. The standard InChI is InChI=1S/C9H16N4O/c1-7-4-3-5-9(6-7,14-2)8-10-12-13-11-8/h7H,3-6H2,1-2H3,(H,10,11,12,13). The summed E-state index contributed by atoms with van der Waals surface area (Å²) in [6, 6.07) is 0. The van der Waals surface area contributed by atoms with Crippen LogP contribution in [0.1, 0.15) is 38.4 Å². The van der Waals surface area contributed by atoms with Gasteiger partial charge in [0, 0.05) is 7.11 Å². The molecule has 1 aliphatic rings. The van der Waals surface area contributed by atoms with Crippen molar-refractivity contribution >= 4 is 0 Å². The number of hydrogen-bond acceptors (Lipinski definition) is 4. The van der Waals surface area contributed by atoms with Crippen LogP contribution < -0.4 is 0 Å². The summed E-state index contributed by atoms with van der Waals surface area (Å²) in [4.78, 5) is 0. The number of ether oxygens (including phenoxy) is 1. The van der Waals surface area contributed by atoms with Gasteiger partial charge < -0.3 is 4.74 Å². The minimum Gasteiger partial charge on any atom is -0.370 e. The number of aromatic nitrogens is 4. The summed E-state index contributed by atoms with van der Waals surface area (Å²) < 4.78 is 5.61. The highest BCUT2D eigenvalue weighted by Gasteiger charge is 2.40. The average Bonchev–Trinajstić information content (AvgIpc) is 2.71. The third-order valence-corrected chi connectivity index (χ3v) is 3.10. The van der Waals surface area contributed by atoms with Crippen LogP contribution in [0.4, 0.5) is 0 Å². The first-order chi connectivity index (χ1) is 6.77. The van der Waals surface area contributed by atoms with E-state index in [9.17, 15) is 0 Å². The Bertz CT molecular complexity index is 287. The van der Waals surface area contributed by atoms with Crippen molar-refractivity contribution in [2.75, 3.05) is 7.11 Å². The van der Waals surface area contributed by atoms with Gasteiger partial charge in [0.05, 0.1) is 0 Å². The molecule has 1 N–H and O–H groups in total. The van der Waals surface area contributed by atoms with Gasteiger partial charge in [-0.15, -0.1) is 10.2 Å². The molecule has 0 aliphatic heterocycles. The second-order valence-corrected chi connectivity index (χ2v) is 4.14. The summed E-state index contributed by atoms with van der Waals surface area (Å²) in [5.41, 5.74) is -0.301. The Morgan fingerprint density at radius 3 is 3.00 bits per heavy atom. The Balaban J connectivity index is 2.25. The highest BCUT2D eigenvalue weighted by Crippen LogP contribution is 2.40. The summed E-state index contributed by atoms with van der Waals surface area (Å²) >= 11 is 0. The van der Waals surface area contributed by atoms with Crippen LogP contribution in [0.2, 0.25) is 0 Å². The number of aromatic amines is 1. The Morgan fingerprint density at radius 1 is 1.57 bits per heavy atom. The van der Waals surface area contributed by atoms with Crippen molar-refractivity contribution < 1.29 is 4.74 Å². The van der Waals surface area contributed by atoms with Gasteiger partial charge in [0.1, 0.15) is 5.60 Å². The third-order valence-electron chi connectivity index (χ3n) is 3.10. The monoisotopic (exact) mass is 196 g/mol. The quantitative estimate of drug-likeness (QED) is 0.773. The molecule has 1 heterocycles. The average molecular weight is 196 g/mol. The fraction of sp³-hybridized carbons (Fsp3) is 0.889. The van der Waals surface area contributed by atoms with Crippen LogP contribution in [0.25, 0.3) is 0 Å². The summed E-state index contributed by atoms with van der Waals surface area (Å²) in [5, 5.41) is 14.2. The minimum absolute atomic E-state index is 0.301. The van der Waals surface area contributed by atoms with E-state index in [0.29, 0.717) is 11.7 Å². The number of nitrogens with one attached hydrogen (secondary N) is 1. The Kier molecular flexibility index (Phi) is 2.50. The SMILES string of the molecule is COC1(c2nn[nH]n2)CCCC(C)C1. The molecule has 1 saturated carbocycles. The summed E-state index contributed by atoms with van der Waals surface area (Å²) in [6.45, 7) is 2.24. The van der Waals surface area contributed by atoms with E-state index in [-0.39, 0.29) is 5.60 Å². The fourth-order valence-electron chi connectivity index (χ4n) is 2.34. The van der Waals surface area contributed by atoms with Gasteiger partial charge in [0.15, 0.2) is 0 Å². The molecule has 2 atom stereocenters. The first kappa shape index (κ1) is 9.58. The molecule has 1 fully saturated rings. The zero-order valence-electron chi connectivity index (χ0n) is 8.66. The van der Waals surface area contributed by atoms with E-state index in [1.807, 2.05) is 0 Å². The van der Waals surface area contributed by atoms with Gasteiger partial charge in [0.25, 0.3) is 0 Å². The summed E-state index contributed by atoms with van der Waals surface area (Å²) in [5.74, 6) is 1.37. The van der Waals surface area contributed by atoms with Crippen molar-refractivity contribution in [2.24, 2.45) is 5.92 Å². The van der Waals surface area contributed by atoms with E-state index in [1.54, 1.807) is 7.11 Å². The van der Waals surface area contributed by atoms with E-state index in [0.717, 1.165) is 12.8 Å². The number of hydrogen-bond donors (Lipinski definition) is 1. The minimum atomic E-state index is -0.301. The van der Waals surface area contributed by atoms with Crippen molar-refractivity contribution in [3.05, 3.63) is 5.82 Å². The van der Waals surface area contributed by atoms with E-state index < -0.39 is 0 Å². The van der Waals surface area contributed by atoms with E-state index in [2.05, 4.69) is 27.5 Å². The number of methoxy groups -OCH3 is 1. The maximum atomic E-state index is 5.61. The molecule has 0 aromatic carbocycles. The second kappa shape index (κ2) is 3.65. The first-order valence-corrected chi connectivity index (χ1v) is 5.06. The van der Waals surface area contributed by atoms with Gasteiger partial charge >= 0.3 is 0 Å². The number of H-pyrrole nitrogens is 1. The molecule has 5 heteroatoms. The zero-order valence-corrected chi connectivity index (χ0v) is 8.66. The molecule has 0 saturated heterocycles.